The Kier molecular flexibility index (Phi) is 4.71. The van der Waals surface area contributed by atoms with Gasteiger partial charge in [0.2, 0.25) is 0 Å². The van der Waals surface area contributed by atoms with Gasteiger partial charge in [0.1, 0.15) is 10.8 Å². The van der Waals surface area contributed by atoms with E-state index in [-0.39, 0.29) is 16.2 Å². The van der Waals surface area contributed by atoms with Gasteiger partial charge in [-0.05, 0) is 41.1 Å². The first-order chi connectivity index (χ1) is 11.4. The lowest BCUT2D eigenvalue weighted by atomic mass is 10.2. The van der Waals surface area contributed by atoms with Gasteiger partial charge < -0.3 is 4.98 Å². The van der Waals surface area contributed by atoms with Crippen LogP contribution in [0.25, 0.3) is 11.3 Å². The average Bonchev–Trinajstić information content (AvgIpc) is 2.99. The lowest BCUT2D eigenvalue weighted by Crippen LogP contribution is -2.10. The highest BCUT2D eigenvalue weighted by molar-refractivity contribution is 9.10. The second kappa shape index (κ2) is 6.62. The van der Waals surface area contributed by atoms with Crippen LogP contribution in [0.15, 0.2) is 55.9 Å². The first-order valence-electron chi connectivity index (χ1n) is 6.99. The second-order valence-corrected chi connectivity index (χ2v) is 8.97. The Hall–Kier alpha value is -1.77. The smallest absolute Gasteiger partial charge is 0.257 e. The maximum atomic E-state index is 12.4. The lowest BCUT2D eigenvalue weighted by Gasteiger charge is -2.02. The number of halogens is 1. The first-order valence-corrected chi connectivity index (χ1v) is 10.3. The Morgan fingerprint density at radius 3 is 2.67 bits per heavy atom. The van der Waals surface area contributed by atoms with Crippen molar-refractivity contribution < 1.29 is 8.42 Å². The average molecular weight is 425 g/mol. The molecule has 3 rings (SSSR count). The fourth-order valence-electron chi connectivity index (χ4n) is 2.16. The van der Waals surface area contributed by atoms with Crippen LogP contribution >= 0.6 is 27.3 Å². The van der Waals surface area contributed by atoms with Crippen molar-refractivity contribution in [1.29, 1.82) is 0 Å². The third-order valence-corrected chi connectivity index (χ3v) is 6.92. The Labute approximate surface area is 151 Å². The van der Waals surface area contributed by atoms with E-state index in [1.54, 1.807) is 48.7 Å². The zero-order valence-electron chi connectivity index (χ0n) is 12.6. The van der Waals surface area contributed by atoms with Crippen LogP contribution in [0.5, 0.6) is 0 Å². The van der Waals surface area contributed by atoms with E-state index in [4.69, 9.17) is 0 Å². The standard InChI is InChI=1S/C16H13BrN2O3S2/c1-10-13(17)7-12(16(20)18-10)14-8-23-15(19-14)9-24(21,22)11-5-3-2-4-6-11/h2-8H,9H2,1H3,(H,18,20). The van der Waals surface area contributed by atoms with Crippen molar-refractivity contribution in [2.45, 2.75) is 17.6 Å². The summed E-state index contributed by atoms with van der Waals surface area (Å²) in [6.07, 6.45) is 0. The Bertz CT molecular complexity index is 1040. The van der Waals surface area contributed by atoms with Crippen molar-refractivity contribution in [3.63, 3.8) is 0 Å². The molecule has 0 aliphatic carbocycles. The summed E-state index contributed by atoms with van der Waals surface area (Å²) in [5, 5.41) is 2.15. The molecule has 0 unspecified atom stereocenters. The summed E-state index contributed by atoms with van der Waals surface area (Å²) in [4.78, 5) is 19.4. The quantitative estimate of drug-likeness (QED) is 0.694. The molecule has 0 spiro atoms. The number of aromatic amines is 1. The van der Waals surface area contributed by atoms with E-state index in [0.717, 1.165) is 10.2 Å². The highest BCUT2D eigenvalue weighted by Crippen LogP contribution is 2.25. The van der Waals surface area contributed by atoms with Gasteiger partial charge in [0, 0.05) is 15.5 Å². The second-order valence-electron chi connectivity index (χ2n) is 5.18. The number of rotatable bonds is 4. The molecule has 0 amide bonds. The number of aryl methyl sites for hydroxylation is 1. The summed E-state index contributed by atoms with van der Waals surface area (Å²) in [5.41, 5.74) is 1.36. The third-order valence-electron chi connectivity index (χ3n) is 3.42. The minimum Gasteiger partial charge on any atom is -0.325 e. The van der Waals surface area contributed by atoms with Gasteiger partial charge >= 0.3 is 0 Å². The van der Waals surface area contributed by atoms with E-state index in [2.05, 4.69) is 25.9 Å². The van der Waals surface area contributed by atoms with Crippen molar-refractivity contribution in [2.24, 2.45) is 0 Å². The monoisotopic (exact) mass is 424 g/mol. The molecule has 0 saturated heterocycles. The number of nitrogens with one attached hydrogen (secondary N) is 1. The molecular formula is C16H13BrN2O3S2. The van der Waals surface area contributed by atoms with Gasteiger partial charge in [-0.15, -0.1) is 11.3 Å². The lowest BCUT2D eigenvalue weighted by molar-refractivity contribution is 0.595. The topological polar surface area (TPSA) is 79.9 Å². The maximum absolute atomic E-state index is 12.4. The fourth-order valence-corrected chi connectivity index (χ4v) is 4.93. The van der Waals surface area contributed by atoms with E-state index < -0.39 is 9.84 Å². The summed E-state index contributed by atoms with van der Waals surface area (Å²) >= 11 is 4.60. The van der Waals surface area contributed by atoms with Crippen molar-refractivity contribution in [1.82, 2.24) is 9.97 Å². The van der Waals surface area contributed by atoms with Gasteiger partial charge in [-0.1, -0.05) is 18.2 Å². The summed E-state index contributed by atoms with van der Waals surface area (Å²) in [7, 11) is -3.45. The Morgan fingerprint density at radius 1 is 1.25 bits per heavy atom. The molecule has 0 aliphatic rings. The number of aromatic nitrogens is 2. The summed E-state index contributed by atoms with van der Waals surface area (Å²) in [5.74, 6) is -0.188. The van der Waals surface area contributed by atoms with Crippen LogP contribution in [0.3, 0.4) is 0 Å². The van der Waals surface area contributed by atoms with Crippen LogP contribution in [0.1, 0.15) is 10.7 Å². The SMILES string of the molecule is Cc1[nH]c(=O)c(-c2csc(CS(=O)(=O)c3ccccc3)n2)cc1Br. The molecule has 2 heterocycles. The molecule has 0 fully saturated rings. The normalized spacial score (nSPS) is 11.6. The van der Waals surface area contributed by atoms with Crippen LogP contribution in [0.4, 0.5) is 0 Å². The molecule has 8 heteroatoms. The molecule has 0 aliphatic heterocycles. The van der Waals surface area contributed by atoms with E-state index in [0.29, 0.717) is 16.3 Å². The predicted octanol–water partition coefficient (Wildman–Crippen LogP) is 3.54. The molecule has 1 aromatic carbocycles. The number of hydrogen-bond donors (Lipinski definition) is 1. The number of thiazole rings is 1. The van der Waals surface area contributed by atoms with Crippen LogP contribution in [-0.4, -0.2) is 18.4 Å². The Morgan fingerprint density at radius 2 is 1.96 bits per heavy atom. The minimum absolute atomic E-state index is 0.188. The molecule has 0 radical (unpaired) electrons. The first kappa shape index (κ1) is 17.1. The summed E-state index contributed by atoms with van der Waals surface area (Å²) in [6.45, 7) is 1.79. The largest absolute Gasteiger partial charge is 0.325 e. The van der Waals surface area contributed by atoms with Crippen molar-refractivity contribution in [3.8, 4) is 11.3 Å². The van der Waals surface area contributed by atoms with Gasteiger partial charge in [0.05, 0.1) is 16.2 Å². The molecule has 1 N–H and O–H groups in total. The van der Waals surface area contributed by atoms with E-state index in [9.17, 15) is 13.2 Å². The number of sulfone groups is 1. The van der Waals surface area contributed by atoms with Gasteiger partial charge in [0.15, 0.2) is 9.84 Å². The molecule has 3 aromatic rings. The number of H-pyrrole nitrogens is 1. The van der Waals surface area contributed by atoms with Crippen LogP contribution < -0.4 is 5.56 Å². The number of pyridine rings is 1. The highest BCUT2D eigenvalue weighted by atomic mass is 79.9. The number of benzene rings is 1. The predicted molar refractivity (Wildman–Crippen MR) is 97.9 cm³/mol. The minimum atomic E-state index is -3.45. The van der Waals surface area contributed by atoms with Crippen LogP contribution in [0, 0.1) is 6.92 Å². The van der Waals surface area contributed by atoms with Crippen LogP contribution in [0.2, 0.25) is 0 Å². The molecular weight excluding hydrogens is 412 g/mol. The van der Waals surface area contributed by atoms with Crippen molar-refractivity contribution in [2.75, 3.05) is 0 Å². The van der Waals surface area contributed by atoms with Crippen LogP contribution in [-0.2, 0) is 15.6 Å². The zero-order chi connectivity index (χ0) is 17.3. The van der Waals surface area contributed by atoms with E-state index in [1.165, 1.54) is 11.3 Å². The van der Waals surface area contributed by atoms with E-state index >= 15 is 0 Å². The van der Waals surface area contributed by atoms with Gasteiger partial charge in [-0.2, -0.15) is 0 Å². The van der Waals surface area contributed by atoms with Crippen molar-refractivity contribution in [3.05, 3.63) is 67.3 Å². The molecule has 0 atom stereocenters. The molecule has 0 bridgehead atoms. The molecule has 5 nitrogen and oxygen atoms in total. The number of nitrogens with zero attached hydrogens (tertiary/aromatic N) is 1. The highest BCUT2D eigenvalue weighted by Gasteiger charge is 2.18. The maximum Gasteiger partial charge on any atom is 0.257 e. The molecule has 0 saturated carbocycles. The molecule has 2 aromatic heterocycles. The third kappa shape index (κ3) is 3.50. The summed E-state index contributed by atoms with van der Waals surface area (Å²) in [6, 6.07) is 9.95. The van der Waals surface area contributed by atoms with E-state index in [1.807, 2.05) is 0 Å². The van der Waals surface area contributed by atoms with Gasteiger partial charge in [0.25, 0.3) is 5.56 Å². The van der Waals surface area contributed by atoms with Gasteiger partial charge in [-0.25, -0.2) is 13.4 Å². The molecule has 124 valence electrons. The van der Waals surface area contributed by atoms with Crippen molar-refractivity contribution >= 4 is 37.1 Å². The zero-order valence-corrected chi connectivity index (χ0v) is 15.8. The number of hydrogen-bond acceptors (Lipinski definition) is 5. The summed E-state index contributed by atoms with van der Waals surface area (Å²) < 4.78 is 25.6. The Balaban J connectivity index is 1.92. The molecule has 24 heavy (non-hydrogen) atoms. The van der Waals surface area contributed by atoms with Gasteiger partial charge in [-0.3, -0.25) is 4.79 Å². The fraction of sp³-hybridized carbons (Fsp3) is 0.125.